The number of carbonyl (C=O) groups is 1. The molecule has 0 saturated carbocycles. The van der Waals surface area contributed by atoms with E-state index in [1.54, 1.807) is 21.3 Å². The molecule has 0 spiro atoms. The Kier molecular flexibility index (Phi) is 10.4. The number of hydrogen-bond acceptors (Lipinski definition) is 4. The van der Waals surface area contributed by atoms with Crippen LogP contribution in [-0.4, -0.2) is 38.6 Å². The van der Waals surface area contributed by atoms with Crippen LogP contribution >= 0.6 is 0 Å². The van der Waals surface area contributed by atoms with Gasteiger partial charge in [0.2, 0.25) is 5.91 Å². The maximum atomic E-state index is 13.2. The van der Waals surface area contributed by atoms with Gasteiger partial charge in [0.1, 0.15) is 6.04 Å². The third-order valence-electron chi connectivity index (χ3n) is 6.97. The highest BCUT2D eigenvalue weighted by Gasteiger charge is 2.37. The molecule has 1 aliphatic rings. The average Bonchev–Trinajstić information content (AvgIpc) is 2.97. The molecule has 0 radical (unpaired) electrons. The number of alkyl halides is 3. The molecule has 0 aromatic heterocycles. The van der Waals surface area contributed by atoms with E-state index >= 15 is 0 Å². The van der Waals surface area contributed by atoms with E-state index in [4.69, 9.17) is 9.47 Å². The van der Waals surface area contributed by atoms with E-state index in [1.165, 1.54) is 12.1 Å². The molecule has 8 heteroatoms. The summed E-state index contributed by atoms with van der Waals surface area (Å²) in [6.07, 6.45) is -2.51. The first-order valence-electron chi connectivity index (χ1n) is 13.2. The fourth-order valence-corrected chi connectivity index (χ4v) is 5.11. The van der Waals surface area contributed by atoms with Gasteiger partial charge in [-0.05, 0) is 65.8 Å². The minimum absolute atomic E-state index is 0.116. The Hall–Kier alpha value is -3.52. The molecule has 3 aromatic carbocycles. The average molecular weight is 543 g/mol. The predicted octanol–water partition coefficient (Wildman–Crippen LogP) is 6.77. The van der Waals surface area contributed by atoms with E-state index in [1.807, 2.05) is 56.3 Å². The maximum absolute atomic E-state index is 13.2. The fourth-order valence-electron chi connectivity index (χ4n) is 5.11. The zero-order valence-corrected chi connectivity index (χ0v) is 23.1. The van der Waals surface area contributed by atoms with E-state index < -0.39 is 17.8 Å². The first kappa shape index (κ1) is 30.0. The number of rotatable bonds is 8. The molecular weight excluding hydrogens is 505 g/mol. The number of nitrogens with one attached hydrogen (secondary N) is 1. The molecule has 1 heterocycles. The van der Waals surface area contributed by atoms with Crippen LogP contribution < -0.4 is 14.8 Å². The summed E-state index contributed by atoms with van der Waals surface area (Å²) in [5.41, 5.74) is 3.15. The molecule has 39 heavy (non-hydrogen) atoms. The lowest BCUT2D eigenvalue weighted by Crippen LogP contribution is -2.44. The highest BCUT2D eigenvalue weighted by molar-refractivity contribution is 5.83. The second-order valence-corrected chi connectivity index (χ2v) is 9.07. The zero-order valence-electron chi connectivity index (χ0n) is 23.1. The topological polar surface area (TPSA) is 50.8 Å². The first-order chi connectivity index (χ1) is 18.8. The third kappa shape index (κ3) is 6.92. The van der Waals surface area contributed by atoms with Gasteiger partial charge in [0.15, 0.2) is 11.5 Å². The number of benzene rings is 3. The summed E-state index contributed by atoms with van der Waals surface area (Å²) in [6, 6.07) is 18.2. The molecule has 0 aliphatic carbocycles. The lowest BCUT2D eigenvalue weighted by molar-refractivity contribution is -0.137. The Bertz CT molecular complexity index is 1210. The molecule has 5 nitrogen and oxygen atoms in total. The number of carbonyl (C=O) groups excluding carboxylic acids is 1. The van der Waals surface area contributed by atoms with Gasteiger partial charge in [-0.15, -0.1) is 0 Å². The second-order valence-electron chi connectivity index (χ2n) is 9.07. The summed E-state index contributed by atoms with van der Waals surface area (Å²) >= 11 is 0. The summed E-state index contributed by atoms with van der Waals surface area (Å²) < 4.78 is 50.2. The predicted molar refractivity (Wildman–Crippen MR) is 147 cm³/mol. The van der Waals surface area contributed by atoms with Gasteiger partial charge in [-0.1, -0.05) is 56.3 Å². The lowest BCUT2D eigenvalue weighted by atomic mass is 9.86. The van der Waals surface area contributed by atoms with Crippen molar-refractivity contribution in [1.82, 2.24) is 10.2 Å². The SMILES string of the molecule is CC.CNC(=O)C(c1ccccc1)N1CCc2cc(OC)c(OC)cc2[C@@H]1CCc1ccc(C(F)(F)F)cc1. The number of ether oxygens (including phenoxy) is 2. The Morgan fingerprint density at radius 1 is 1.00 bits per heavy atom. The normalized spacial score (nSPS) is 15.8. The van der Waals surface area contributed by atoms with Crippen molar-refractivity contribution in [2.75, 3.05) is 27.8 Å². The fraction of sp³-hybridized carbons (Fsp3) is 0.387. The molecule has 0 saturated heterocycles. The van der Waals surface area contributed by atoms with Gasteiger partial charge >= 0.3 is 6.18 Å². The molecule has 1 N–H and O–H groups in total. The van der Waals surface area contributed by atoms with Crippen molar-refractivity contribution in [2.45, 2.75) is 51.4 Å². The van der Waals surface area contributed by atoms with Gasteiger partial charge < -0.3 is 14.8 Å². The van der Waals surface area contributed by atoms with Gasteiger partial charge in [-0.25, -0.2) is 0 Å². The summed E-state index contributed by atoms with van der Waals surface area (Å²) in [6.45, 7) is 4.63. The Morgan fingerprint density at radius 3 is 2.18 bits per heavy atom. The summed E-state index contributed by atoms with van der Waals surface area (Å²) in [5.74, 6) is 1.12. The Labute approximate surface area is 228 Å². The molecule has 1 unspecified atom stereocenters. The number of halogens is 3. The molecular formula is C31H37F3N2O3. The molecule has 0 bridgehead atoms. The van der Waals surface area contributed by atoms with Crippen LogP contribution in [0.5, 0.6) is 11.5 Å². The van der Waals surface area contributed by atoms with Crippen molar-refractivity contribution in [3.63, 3.8) is 0 Å². The molecule has 1 amide bonds. The molecule has 210 valence electrons. The first-order valence-corrected chi connectivity index (χ1v) is 13.2. The standard InChI is InChI=1S/C29H31F3N2O3.C2H6/c1-33-28(35)27(20-7-5-4-6-8-20)34-16-15-21-17-25(36-2)26(37-3)18-23(21)24(34)14-11-19-9-12-22(13-10-19)29(30,31)32;1-2/h4-10,12-13,17-18,24,27H,11,14-16H2,1-3H3,(H,33,35);1-2H3/t24-,27?;/m0./s1. The Morgan fingerprint density at radius 2 is 1.62 bits per heavy atom. The number of amides is 1. The van der Waals surface area contributed by atoms with Crippen LogP contribution in [0.2, 0.25) is 0 Å². The van der Waals surface area contributed by atoms with Gasteiger partial charge in [-0.2, -0.15) is 13.2 Å². The number of hydrogen-bond donors (Lipinski definition) is 1. The summed E-state index contributed by atoms with van der Waals surface area (Å²) in [4.78, 5) is 15.4. The smallest absolute Gasteiger partial charge is 0.416 e. The molecule has 1 aliphatic heterocycles. The largest absolute Gasteiger partial charge is 0.493 e. The molecule has 0 fully saturated rings. The van der Waals surface area contributed by atoms with Gasteiger partial charge in [0.25, 0.3) is 0 Å². The highest BCUT2D eigenvalue weighted by atomic mass is 19.4. The van der Waals surface area contributed by atoms with Crippen LogP contribution in [0.15, 0.2) is 66.7 Å². The molecule has 3 aromatic rings. The van der Waals surface area contributed by atoms with Crippen LogP contribution in [0, 0.1) is 0 Å². The van der Waals surface area contributed by atoms with Gasteiger partial charge in [0, 0.05) is 19.6 Å². The lowest BCUT2D eigenvalue weighted by Gasteiger charge is -2.42. The monoisotopic (exact) mass is 542 g/mol. The molecule has 2 atom stereocenters. The van der Waals surface area contributed by atoms with Crippen LogP contribution in [0.1, 0.15) is 60.2 Å². The Balaban J connectivity index is 0.00000205. The number of likely N-dealkylation sites (N-methyl/N-ethyl adjacent to an activating group) is 1. The maximum Gasteiger partial charge on any atom is 0.416 e. The van der Waals surface area contributed by atoms with E-state index in [9.17, 15) is 18.0 Å². The summed E-state index contributed by atoms with van der Waals surface area (Å²) in [5, 5.41) is 2.81. The minimum Gasteiger partial charge on any atom is -0.493 e. The number of aryl methyl sites for hydroxylation is 1. The van der Waals surface area contributed by atoms with E-state index in [0.29, 0.717) is 37.3 Å². The van der Waals surface area contributed by atoms with Crippen LogP contribution in [0.25, 0.3) is 0 Å². The van der Waals surface area contributed by atoms with Crippen molar-refractivity contribution in [2.24, 2.45) is 0 Å². The van der Waals surface area contributed by atoms with Crippen LogP contribution in [0.4, 0.5) is 13.2 Å². The highest BCUT2D eigenvalue weighted by Crippen LogP contribution is 2.43. The number of fused-ring (bicyclic) bond motifs is 1. The third-order valence-corrected chi connectivity index (χ3v) is 6.97. The van der Waals surface area contributed by atoms with Gasteiger partial charge in [0.05, 0.1) is 19.8 Å². The van der Waals surface area contributed by atoms with Crippen LogP contribution in [-0.2, 0) is 23.8 Å². The van der Waals surface area contributed by atoms with E-state index in [2.05, 4.69) is 10.2 Å². The van der Waals surface area contributed by atoms with Crippen molar-refractivity contribution >= 4 is 5.91 Å². The van der Waals surface area contributed by atoms with Crippen LogP contribution in [0.3, 0.4) is 0 Å². The number of methoxy groups -OCH3 is 2. The molecule has 4 rings (SSSR count). The zero-order chi connectivity index (χ0) is 28.6. The van der Waals surface area contributed by atoms with Crippen molar-refractivity contribution in [3.8, 4) is 11.5 Å². The van der Waals surface area contributed by atoms with Gasteiger partial charge in [-0.3, -0.25) is 9.69 Å². The number of nitrogens with zero attached hydrogens (tertiary/aromatic N) is 1. The summed E-state index contributed by atoms with van der Waals surface area (Å²) in [7, 11) is 4.80. The van der Waals surface area contributed by atoms with Crippen molar-refractivity contribution in [3.05, 3.63) is 94.5 Å². The second kappa shape index (κ2) is 13.5. The quantitative estimate of drug-likeness (QED) is 0.341. The minimum atomic E-state index is -4.37. The van der Waals surface area contributed by atoms with Crippen molar-refractivity contribution < 1.29 is 27.4 Å². The van der Waals surface area contributed by atoms with Crippen molar-refractivity contribution in [1.29, 1.82) is 0 Å². The van der Waals surface area contributed by atoms with E-state index in [0.717, 1.165) is 34.4 Å². The van der Waals surface area contributed by atoms with E-state index in [-0.39, 0.29) is 11.9 Å².